The van der Waals surface area contributed by atoms with Crippen molar-refractivity contribution in [3.8, 4) is 28.9 Å². The molecule has 14 heteroatoms. The lowest BCUT2D eigenvalue weighted by Crippen LogP contribution is -2.43. The number of hydrogen-bond donors (Lipinski definition) is 0. The van der Waals surface area contributed by atoms with Crippen molar-refractivity contribution in [2.45, 2.75) is 69.2 Å². The third-order valence-corrected chi connectivity index (χ3v) is 9.86. The molecule has 8 rings (SSSR count). The first-order valence-corrected chi connectivity index (χ1v) is 15.9. The fourth-order valence-electron chi connectivity index (χ4n) is 7.22. The van der Waals surface area contributed by atoms with E-state index in [1.165, 1.54) is 6.39 Å². The normalized spacial score (nSPS) is 24.1. The second-order valence-electron chi connectivity index (χ2n) is 12.6. The Kier molecular flexibility index (Phi) is 7.20. The molecule has 3 atom stereocenters. The summed E-state index contributed by atoms with van der Waals surface area (Å²) in [6.45, 7) is 4.07. The Labute approximate surface area is 267 Å². The average molecular weight is 653 g/mol. The monoisotopic (exact) mass is 652 g/mol. The summed E-state index contributed by atoms with van der Waals surface area (Å²) in [4.78, 5) is 33.4. The van der Waals surface area contributed by atoms with Crippen molar-refractivity contribution in [2.24, 2.45) is 0 Å². The number of aromatic nitrogens is 4. The van der Waals surface area contributed by atoms with Gasteiger partial charge in [-0.1, -0.05) is 11.6 Å². The van der Waals surface area contributed by atoms with Crippen LogP contribution in [0.1, 0.15) is 56.3 Å². The molecule has 11 nitrogen and oxygen atoms in total. The first-order valence-electron chi connectivity index (χ1n) is 15.5. The fourth-order valence-corrected chi connectivity index (χ4v) is 7.59. The van der Waals surface area contributed by atoms with Gasteiger partial charge in [0.2, 0.25) is 5.88 Å². The number of pyridine rings is 1. The summed E-state index contributed by atoms with van der Waals surface area (Å²) in [5.74, 6) is 0.637. The van der Waals surface area contributed by atoms with Gasteiger partial charge in [0, 0.05) is 23.6 Å². The van der Waals surface area contributed by atoms with E-state index in [2.05, 4.69) is 14.9 Å². The van der Waals surface area contributed by atoms with Crippen LogP contribution in [0.2, 0.25) is 5.02 Å². The number of alkyl halides is 1. The molecule has 0 unspecified atom stereocenters. The van der Waals surface area contributed by atoms with Crippen molar-refractivity contribution in [3.05, 3.63) is 46.9 Å². The van der Waals surface area contributed by atoms with Gasteiger partial charge < -0.3 is 23.5 Å². The topological polar surface area (TPSA) is 116 Å². The van der Waals surface area contributed by atoms with E-state index >= 15 is 4.39 Å². The van der Waals surface area contributed by atoms with Crippen LogP contribution in [0.3, 0.4) is 0 Å². The molecule has 1 aliphatic carbocycles. The maximum atomic E-state index is 17.0. The molecule has 2 saturated heterocycles. The van der Waals surface area contributed by atoms with E-state index in [1.807, 2.05) is 11.8 Å². The summed E-state index contributed by atoms with van der Waals surface area (Å²) in [6, 6.07) is 2.82. The van der Waals surface area contributed by atoms with Gasteiger partial charge in [-0.05, 0) is 62.8 Å². The second-order valence-corrected chi connectivity index (χ2v) is 13.0. The number of benzene rings is 1. The number of rotatable bonds is 9. The van der Waals surface area contributed by atoms with Gasteiger partial charge in [-0.2, -0.15) is 9.97 Å². The minimum atomic E-state index is -0.929. The molecule has 3 fully saturated rings. The van der Waals surface area contributed by atoms with Crippen LogP contribution in [0.15, 0.2) is 29.1 Å². The highest BCUT2D eigenvalue weighted by Crippen LogP contribution is 2.50. The highest BCUT2D eigenvalue weighted by molar-refractivity contribution is 6.32. The second kappa shape index (κ2) is 11.3. The molecule has 3 aliphatic heterocycles. The molecule has 4 aliphatic rings. The van der Waals surface area contributed by atoms with Crippen molar-refractivity contribution in [2.75, 3.05) is 31.2 Å². The predicted molar refractivity (Wildman–Crippen MR) is 163 cm³/mol. The van der Waals surface area contributed by atoms with E-state index < -0.39 is 17.5 Å². The zero-order valence-electron chi connectivity index (χ0n) is 25.0. The number of nitrogens with zero attached hydrogens (tertiary/aromatic N) is 6. The Hall–Kier alpha value is -4.10. The number of ether oxygens (including phenoxy) is 3. The van der Waals surface area contributed by atoms with Crippen molar-refractivity contribution in [1.82, 2.24) is 24.8 Å². The van der Waals surface area contributed by atoms with Gasteiger partial charge in [-0.3, -0.25) is 9.69 Å². The first kappa shape index (κ1) is 29.3. The van der Waals surface area contributed by atoms with Crippen LogP contribution >= 0.6 is 11.6 Å². The Morgan fingerprint density at radius 3 is 2.89 bits per heavy atom. The summed E-state index contributed by atoms with van der Waals surface area (Å²) in [6.07, 6.45) is 5.91. The molecule has 1 saturated carbocycles. The van der Waals surface area contributed by atoms with E-state index in [0.717, 1.165) is 37.8 Å². The SMILES string of the molecule is C[C@H]1COc2nc(-c3cc(OC=O)cc(Cl)c3C3CC3)c(F)c3nc(OC[C@@]45CCCN4C[C@H](F)C5)nc(c23)N1Cc1cnco1. The summed E-state index contributed by atoms with van der Waals surface area (Å²) < 4.78 is 54.6. The highest BCUT2D eigenvalue weighted by Gasteiger charge is 2.49. The minimum Gasteiger partial charge on any atom is -0.475 e. The summed E-state index contributed by atoms with van der Waals surface area (Å²) >= 11 is 6.68. The van der Waals surface area contributed by atoms with Crippen LogP contribution in [-0.2, 0) is 11.3 Å². The van der Waals surface area contributed by atoms with Crippen LogP contribution in [0.25, 0.3) is 22.2 Å². The Bertz CT molecular complexity index is 1830. The summed E-state index contributed by atoms with van der Waals surface area (Å²) in [5, 5.41) is 0.634. The predicted octanol–water partition coefficient (Wildman–Crippen LogP) is 5.63. The Morgan fingerprint density at radius 1 is 1.24 bits per heavy atom. The van der Waals surface area contributed by atoms with E-state index in [9.17, 15) is 9.18 Å². The minimum absolute atomic E-state index is 0.0359. The number of carbonyl (C=O) groups excluding carboxylic acids is 1. The van der Waals surface area contributed by atoms with E-state index in [0.29, 0.717) is 41.6 Å². The van der Waals surface area contributed by atoms with Gasteiger partial charge in [-0.15, -0.1) is 0 Å². The van der Waals surface area contributed by atoms with Gasteiger partial charge in [0.1, 0.15) is 53.3 Å². The van der Waals surface area contributed by atoms with E-state index in [4.69, 9.17) is 40.2 Å². The molecule has 0 spiro atoms. The van der Waals surface area contributed by atoms with Crippen molar-refractivity contribution in [1.29, 1.82) is 0 Å². The molecule has 0 N–H and O–H groups in total. The number of halogens is 3. The summed E-state index contributed by atoms with van der Waals surface area (Å²) in [7, 11) is 0. The van der Waals surface area contributed by atoms with Crippen molar-refractivity contribution >= 4 is 34.8 Å². The molecule has 240 valence electrons. The van der Waals surface area contributed by atoms with Crippen molar-refractivity contribution < 1.29 is 32.2 Å². The molecule has 0 radical (unpaired) electrons. The van der Waals surface area contributed by atoms with Crippen LogP contribution in [-0.4, -0.2) is 75.4 Å². The zero-order valence-corrected chi connectivity index (χ0v) is 25.8. The van der Waals surface area contributed by atoms with Gasteiger partial charge in [0.15, 0.2) is 12.2 Å². The van der Waals surface area contributed by atoms with E-state index in [-0.39, 0.29) is 66.0 Å². The largest absolute Gasteiger partial charge is 0.475 e. The van der Waals surface area contributed by atoms with Crippen molar-refractivity contribution in [3.63, 3.8) is 0 Å². The maximum absolute atomic E-state index is 17.0. The first-order chi connectivity index (χ1) is 22.3. The molecule has 4 aromatic rings. The van der Waals surface area contributed by atoms with Crippen LogP contribution in [0, 0.1) is 5.82 Å². The van der Waals surface area contributed by atoms with Gasteiger partial charge in [-0.25, -0.2) is 18.7 Å². The summed E-state index contributed by atoms with van der Waals surface area (Å²) in [5.41, 5.74) is 0.576. The average Bonchev–Trinajstić information content (AvgIpc) is 3.48. The smallest absolute Gasteiger partial charge is 0.319 e. The lowest BCUT2D eigenvalue weighted by atomic mass is 9.95. The molecule has 46 heavy (non-hydrogen) atoms. The number of carbonyl (C=O) groups is 1. The van der Waals surface area contributed by atoms with Crippen LogP contribution in [0.4, 0.5) is 14.6 Å². The Balaban J connectivity index is 1.30. The van der Waals surface area contributed by atoms with Gasteiger partial charge in [0.25, 0.3) is 6.47 Å². The molecular formula is C32H31ClF2N6O5. The Morgan fingerprint density at radius 2 is 2.11 bits per heavy atom. The zero-order chi connectivity index (χ0) is 31.6. The number of anilines is 1. The highest BCUT2D eigenvalue weighted by atomic mass is 35.5. The fraction of sp³-hybridized carbons (Fsp3) is 0.469. The van der Waals surface area contributed by atoms with Gasteiger partial charge in [0.05, 0.1) is 24.3 Å². The standard InChI is InChI=1S/C32H31ClF2N6O5/c1-17-13-43-30-25-28(26(35)27(37-30)22-7-20(46-16-42)8-23(33)24(22)18-3-4-18)38-31(39-29(25)41(17)12-21-10-36-15-45-21)44-14-32-5-2-6-40(32)11-19(34)9-32/h7-8,10,15-19H,2-6,9,11-14H2,1H3/t17-,19+,32-/m0/s1. The number of oxazole rings is 1. The lowest BCUT2D eigenvalue weighted by molar-refractivity contribution is -0.120. The quantitative estimate of drug-likeness (QED) is 0.210. The molecule has 3 aromatic heterocycles. The van der Waals surface area contributed by atoms with Crippen LogP contribution < -0.4 is 19.1 Å². The third kappa shape index (κ3) is 5.00. The van der Waals surface area contributed by atoms with Crippen LogP contribution in [0.5, 0.6) is 17.6 Å². The third-order valence-electron chi connectivity index (χ3n) is 9.55. The number of fused-ring (bicyclic) bond motifs is 1. The van der Waals surface area contributed by atoms with Gasteiger partial charge >= 0.3 is 6.01 Å². The molecular weight excluding hydrogens is 622 g/mol. The molecule has 1 aromatic carbocycles. The molecule has 6 heterocycles. The molecule has 0 bridgehead atoms. The van der Waals surface area contributed by atoms with E-state index in [1.54, 1.807) is 18.3 Å². The molecule has 0 amide bonds. The number of hydrogen-bond acceptors (Lipinski definition) is 11. The lowest BCUT2D eigenvalue weighted by Gasteiger charge is -2.31. The maximum Gasteiger partial charge on any atom is 0.319 e.